The van der Waals surface area contributed by atoms with E-state index in [1.54, 1.807) is 0 Å². The van der Waals surface area contributed by atoms with Crippen LogP contribution in [-0.4, -0.2) is 30.1 Å². The van der Waals surface area contributed by atoms with Crippen LogP contribution in [0.25, 0.3) is 0 Å². The first-order chi connectivity index (χ1) is 6.08. The molecule has 0 unspecified atom stereocenters. The molecule has 1 rings (SSSR count). The fourth-order valence-corrected chi connectivity index (χ4v) is 1.50. The maximum Gasteiger partial charge on any atom is 0.0719 e. The van der Waals surface area contributed by atoms with Crippen LogP contribution in [-0.2, 0) is 0 Å². The summed E-state index contributed by atoms with van der Waals surface area (Å²) < 4.78 is 0. The zero-order valence-electron chi connectivity index (χ0n) is 8.77. The molecule has 0 aliphatic carbocycles. The third kappa shape index (κ3) is 4.92. The molecule has 0 radical (unpaired) electrons. The molecule has 0 aromatic carbocycles. The smallest absolute Gasteiger partial charge is 0.0719 e. The van der Waals surface area contributed by atoms with Gasteiger partial charge in [0.25, 0.3) is 0 Å². The number of piperidine rings is 1. The lowest BCUT2D eigenvalue weighted by Gasteiger charge is -2.24. The van der Waals surface area contributed by atoms with Crippen molar-refractivity contribution in [3.8, 4) is 11.8 Å². The average molecular weight is 180 g/mol. The first kappa shape index (κ1) is 10.6. The van der Waals surface area contributed by atoms with Crippen molar-refractivity contribution in [1.82, 2.24) is 4.90 Å². The van der Waals surface area contributed by atoms with Crippen LogP contribution in [0.3, 0.4) is 0 Å². The molecule has 1 heterocycles. The minimum Gasteiger partial charge on any atom is -0.316 e. The lowest BCUT2D eigenvalue weighted by atomic mass is 10.1. The summed E-state index contributed by atoms with van der Waals surface area (Å²) in [6.45, 7) is 7.19. The van der Waals surface area contributed by atoms with Gasteiger partial charge in [0.2, 0.25) is 0 Å². The van der Waals surface area contributed by atoms with Crippen molar-refractivity contribution in [3.63, 3.8) is 0 Å². The standard InChI is InChI=1S/C11H20N2/c1-11(2,12)7-6-10-13-8-4-3-5-9-13/h3-5,8-10,12H2,1-2H3. The molecule has 0 amide bonds. The van der Waals surface area contributed by atoms with Crippen molar-refractivity contribution in [1.29, 1.82) is 0 Å². The highest BCUT2D eigenvalue weighted by Crippen LogP contribution is 2.07. The summed E-state index contributed by atoms with van der Waals surface area (Å²) in [5.41, 5.74) is 5.42. The van der Waals surface area contributed by atoms with E-state index in [0.29, 0.717) is 0 Å². The molecule has 13 heavy (non-hydrogen) atoms. The number of nitrogens with two attached hydrogens (primary N) is 1. The first-order valence-electron chi connectivity index (χ1n) is 5.09. The SMILES string of the molecule is CC(C)(N)C#CCN1CCCCC1. The number of hydrogen-bond donors (Lipinski definition) is 1. The molecule has 2 heteroatoms. The molecule has 0 aromatic heterocycles. The topological polar surface area (TPSA) is 29.3 Å². The molecule has 74 valence electrons. The van der Waals surface area contributed by atoms with E-state index < -0.39 is 0 Å². The second-order valence-electron chi connectivity index (χ2n) is 4.36. The Hall–Kier alpha value is -0.520. The molecule has 0 spiro atoms. The Morgan fingerprint density at radius 2 is 1.85 bits per heavy atom. The highest BCUT2D eigenvalue weighted by molar-refractivity contribution is 5.13. The average Bonchev–Trinajstić information content (AvgIpc) is 2.04. The van der Waals surface area contributed by atoms with E-state index in [1.807, 2.05) is 13.8 Å². The van der Waals surface area contributed by atoms with Crippen molar-refractivity contribution in [2.75, 3.05) is 19.6 Å². The van der Waals surface area contributed by atoms with Crippen LogP contribution >= 0.6 is 0 Å². The van der Waals surface area contributed by atoms with E-state index in [9.17, 15) is 0 Å². The van der Waals surface area contributed by atoms with Crippen molar-refractivity contribution >= 4 is 0 Å². The number of hydrogen-bond acceptors (Lipinski definition) is 2. The normalized spacial score (nSPS) is 19.3. The van der Waals surface area contributed by atoms with E-state index in [1.165, 1.54) is 32.4 Å². The van der Waals surface area contributed by atoms with Gasteiger partial charge in [-0.3, -0.25) is 4.90 Å². The largest absolute Gasteiger partial charge is 0.316 e. The maximum atomic E-state index is 5.76. The molecule has 1 saturated heterocycles. The van der Waals surface area contributed by atoms with Crippen molar-refractivity contribution in [3.05, 3.63) is 0 Å². The molecular formula is C11H20N2. The van der Waals surface area contributed by atoms with E-state index in [-0.39, 0.29) is 5.54 Å². The molecule has 2 nitrogen and oxygen atoms in total. The predicted molar refractivity (Wildman–Crippen MR) is 56.3 cm³/mol. The van der Waals surface area contributed by atoms with E-state index in [0.717, 1.165) is 6.54 Å². The molecule has 2 N–H and O–H groups in total. The van der Waals surface area contributed by atoms with Gasteiger partial charge in [-0.15, -0.1) is 0 Å². The van der Waals surface area contributed by atoms with Gasteiger partial charge in [0, 0.05) is 0 Å². The minimum atomic E-state index is -0.338. The number of rotatable bonds is 1. The van der Waals surface area contributed by atoms with E-state index in [4.69, 9.17) is 5.73 Å². The van der Waals surface area contributed by atoms with Crippen LogP contribution in [0.4, 0.5) is 0 Å². The molecule has 1 aliphatic rings. The summed E-state index contributed by atoms with van der Waals surface area (Å²) in [6.07, 6.45) is 4.04. The summed E-state index contributed by atoms with van der Waals surface area (Å²) in [7, 11) is 0. The molecule has 0 saturated carbocycles. The summed E-state index contributed by atoms with van der Waals surface area (Å²) >= 11 is 0. The van der Waals surface area contributed by atoms with Crippen molar-refractivity contribution in [2.45, 2.75) is 38.6 Å². The van der Waals surface area contributed by atoms with Gasteiger partial charge >= 0.3 is 0 Å². The fraction of sp³-hybridized carbons (Fsp3) is 0.818. The Kier molecular flexibility index (Phi) is 3.77. The van der Waals surface area contributed by atoms with Crippen LogP contribution in [0.1, 0.15) is 33.1 Å². The summed E-state index contributed by atoms with van der Waals surface area (Å²) in [4.78, 5) is 2.41. The van der Waals surface area contributed by atoms with Crippen molar-refractivity contribution in [2.24, 2.45) is 5.73 Å². The van der Waals surface area contributed by atoms with Gasteiger partial charge in [-0.25, -0.2) is 0 Å². The van der Waals surface area contributed by atoms with Gasteiger partial charge in [0.05, 0.1) is 12.1 Å². The molecule has 1 fully saturated rings. The Balaban J connectivity index is 2.27. The van der Waals surface area contributed by atoms with Crippen LogP contribution < -0.4 is 5.73 Å². The second kappa shape index (κ2) is 4.64. The summed E-state index contributed by atoms with van der Waals surface area (Å²) in [5.74, 6) is 6.20. The lowest BCUT2D eigenvalue weighted by Crippen LogP contribution is -2.32. The lowest BCUT2D eigenvalue weighted by molar-refractivity contribution is 0.255. The predicted octanol–water partition coefficient (Wildman–Crippen LogP) is 1.21. The molecule has 0 bridgehead atoms. The van der Waals surface area contributed by atoms with Gasteiger partial charge in [0.1, 0.15) is 0 Å². The molecule has 1 aliphatic heterocycles. The maximum absolute atomic E-state index is 5.76. The van der Waals surface area contributed by atoms with Crippen LogP contribution in [0, 0.1) is 11.8 Å². The highest BCUT2D eigenvalue weighted by atomic mass is 15.1. The zero-order chi connectivity index (χ0) is 9.73. The Bertz CT molecular complexity index is 198. The zero-order valence-corrected chi connectivity index (χ0v) is 8.77. The Labute approximate surface area is 81.5 Å². The number of likely N-dealkylation sites (tertiary alicyclic amines) is 1. The van der Waals surface area contributed by atoms with E-state index in [2.05, 4.69) is 16.7 Å². The second-order valence-corrected chi connectivity index (χ2v) is 4.36. The number of nitrogens with zero attached hydrogens (tertiary/aromatic N) is 1. The Morgan fingerprint density at radius 1 is 1.23 bits per heavy atom. The molecular weight excluding hydrogens is 160 g/mol. The van der Waals surface area contributed by atoms with Gasteiger partial charge in [-0.2, -0.15) is 0 Å². The van der Waals surface area contributed by atoms with Gasteiger partial charge < -0.3 is 5.73 Å². The van der Waals surface area contributed by atoms with Gasteiger partial charge in [-0.1, -0.05) is 18.3 Å². The Morgan fingerprint density at radius 3 is 2.38 bits per heavy atom. The van der Waals surface area contributed by atoms with Gasteiger partial charge in [-0.05, 0) is 39.8 Å². The third-order valence-electron chi connectivity index (χ3n) is 2.16. The van der Waals surface area contributed by atoms with Crippen LogP contribution in [0.5, 0.6) is 0 Å². The van der Waals surface area contributed by atoms with Crippen LogP contribution in [0.2, 0.25) is 0 Å². The van der Waals surface area contributed by atoms with Crippen LogP contribution in [0.15, 0.2) is 0 Å². The minimum absolute atomic E-state index is 0.338. The molecule has 0 atom stereocenters. The quantitative estimate of drug-likeness (QED) is 0.615. The highest BCUT2D eigenvalue weighted by Gasteiger charge is 2.08. The fourth-order valence-electron chi connectivity index (χ4n) is 1.50. The summed E-state index contributed by atoms with van der Waals surface area (Å²) in [5, 5.41) is 0. The molecule has 0 aromatic rings. The van der Waals surface area contributed by atoms with Gasteiger partial charge in [0.15, 0.2) is 0 Å². The van der Waals surface area contributed by atoms with E-state index >= 15 is 0 Å². The first-order valence-corrected chi connectivity index (χ1v) is 5.09. The summed E-state index contributed by atoms with van der Waals surface area (Å²) in [6, 6.07) is 0. The monoisotopic (exact) mass is 180 g/mol. The van der Waals surface area contributed by atoms with Crippen molar-refractivity contribution < 1.29 is 0 Å². The third-order valence-corrected chi connectivity index (χ3v) is 2.16.